The maximum atomic E-state index is 13.4. The van der Waals surface area contributed by atoms with E-state index in [4.69, 9.17) is 5.11 Å². The Balaban J connectivity index is 1.67. The average Bonchev–Trinajstić information content (AvgIpc) is 3.33. The van der Waals surface area contributed by atoms with Gasteiger partial charge < -0.3 is 14.9 Å². The Labute approximate surface area is 210 Å². The SMILES string of the molecule is CC(=O)N1CCC2CCCC(CN(C(=O)CCCC(=O)O)Cc3ccccc31)N2Cc1nccs1. The summed E-state index contributed by atoms with van der Waals surface area (Å²) in [4.78, 5) is 47.8. The molecule has 0 saturated carbocycles. The maximum absolute atomic E-state index is 13.4. The minimum absolute atomic E-state index is 0.00476. The number of hydrogen-bond donors (Lipinski definition) is 1. The van der Waals surface area contributed by atoms with Crippen molar-refractivity contribution in [3.8, 4) is 0 Å². The summed E-state index contributed by atoms with van der Waals surface area (Å²) in [6.45, 7) is 3.95. The summed E-state index contributed by atoms with van der Waals surface area (Å²) in [6.07, 6.45) is 6.33. The molecule has 0 spiro atoms. The fraction of sp³-hybridized carbons (Fsp3) is 0.538. The van der Waals surface area contributed by atoms with Gasteiger partial charge in [0, 0.05) is 68.7 Å². The third-order valence-corrected chi connectivity index (χ3v) is 7.85. The smallest absolute Gasteiger partial charge is 0.303 e. The van der Waals surface area contributed by atoms with Crippen molar-refractivity contribution in [3.05, 3.63) is 46.4 Å². The molecular formula is C26H34N4O4S. The number of hydrogen-bond acceptors (Lipinski definition) is 6. The van der Waals surface area contributed by atoms with E-state index in [9.17, 15) is 14.4 Å². The lowest BCUT2D eigenvalue weighted by Gasteiger charge is -2.43. The van der Waals surface area contributed by atoms with Gasteiger partial charge >= 0.3 is 5.97 Å². The molecule has 1 saturated heterocycles. The summed E-state index contributed by atoms with van der Waals surface area (Å²) in [5, 5.41) is 12.1. The van der Waals surface area contributed by atoms with Crippen LogP contribution in [0.1, 0.15) is 62.4 Å². The molecule has 35 heavy (non-hydrogen) atoms. The lowest BCUT2D eigenvalue weighted by molar-refractivity contribution is -0.137. The normalized spacial score (nSPS) is 21.2. The molecule has 2 aliphatic rings. The maximum Gasteiger partial charge on any atom is 0.303 e. The zero-order valence-electron chi connectivity index (χ0n) is 20.3. The molecule has 4 rings (SSSR count). The van der Waals surface area contributed by atoms with Gasteiger partial charge in [0.25, 0.3) is 0 Å². The molecule has 1 fully saturated rings. The topological polar surface area (TPSA) is 94.0 Å². The molecule has 0 radical (unpaired) electrons. The second-order valence-corrected chi connectivity index (χ2v) is 10.4. The molecule has 2 atom stereocenters. The number of para-hydroxylation sites is 1. The van der Waals surface area contributed by atoms with Crippen LogP contribution in [0.3, 0.4) is 0 Å². The van der Waals surface area contributed by atoms with E-state index in [-0.39, 0.29) is 30.7 Å². The van der Waals surface area contributed by atoms with E-state index in [2.05, 4.69) is 9.88 Å². The van der Waals surface area contributed by atoms with Gasteiger partial charge in [-0.15, -0.1) is 11.3 Å². The standard InChI is InChI=1S/C26H34N4O4S/c1-19(31)29-14-12-21-7-4-8-22(30(21)18-24-27-13-15-35-24)17-28(25(32)10-5-11-26(33)34)16-20-6-2-3-9-23(20)29/h2-3,6,9,13,15,21-22H,4-5,7-8,10-12,14,16-18H2,1H3,(H,33,34). The zero-order valence-corrected chi connectivity index (χ0v) is 21.1. The Bertz CT molecular complexity index is 1030. The minimum atomic E-state index is -0.887. The molecule has 1 N–H and O–H groups in total. The zero-order chi connectivity index (χ0) is 24.8. The van der Waals surface area contributed by atoms with Gasteiger partial charge in [0.05, 0.1) is 6.54 Å². The molecular weight excluding hydrogens is 464 g/mol. The predicted octanol–water partition coefficient (Wildman–Crippen LogP) is 3.91. The van der Waals surface area contributed by atoms with Crippen molar-refractivity contribution in [2.24, 2.45) is 0 Å². The van der Waals surface area contributed by atoms with Crippen LogP contribution in [0.4, 0.5) is 5.69 Å². The fourth-order valence-corrected chi connectivity index (χ4v) is 5.99. The Morgan fingerprint density at radius 3 is 2.66 bits per heavy atom. The second kappa shape index (κ2) is 11.8. The van der Waals surface area contributed by atoms with Gasteiger partial charge in [0.15, 0.2) is 0 Å². The molecule has 8 nitrogen and oxygen atoms in total. The Morgan fingerprint density at radius 2 is 1.91 bits per heavy atom. The monoisotopic (exact) mass is 498 g/mol. The van der Waals surface area contributed by atoms with Crippen molar-refractivity contribution in [3.63, 3.8) is 0 Å². The number of anilines is 1. The summed E-state index contributed by atoms with van der Waals surface area (Å²) >= 11 is 1.64. The molecule has 2 aliphatic heterocycles. The molecule has 2 unspecified atom stereocenters. The molecule has 2 aromatic rings. The quantitative estimate of drug-likeness (QED) is 0.649. The predicted molar refractivity (Wildman–Crippen MR) is 135 cm³/mol. The highest BCUT2D eigenvalue weighted by Crippen LogP contribution is 2.32. The summed E-state index contributed by atoms with van der Waals surface area (Å²) in [5.41, 5.74) is 1.79. The number of carbonyl (C=O) groups excluding carboxylic acids is 2. The van der Waals surface area contributed by atoms with Gasteiger partial charge in [0.1, 0.15) is 5.01 Å². The van der Waals surface area contributed by atoms with E-state index in [1.807, 2.05) is 45.6 Å². The molecule has 2 amide bonds. The second-order valence-electron chi connectivity index (χ2n) is 9.45. The van der Waals surface area contributed by atoms with Crippen molar-refractivity contribution >= 4 is 34.8 Å². The van der Waals surface area contributed by atoms with Gasteiger partial charge in [-0.05, 0) is 37.3 Å². The van der Waals surface area contributed by atoms with Gasteiger partial charge in [-0.25, -0.2) is 4.98 Å². The van der Waals surface area contributed by atoms with Crippen LogP contribution in [0.2, 0.25) is 0 Å². The number of rotatable bonds is 6. The lowest BCUT2D eigenvalue weighted by Crippen LogP contribution is -2.52. The molecule has 1 aromatic carbocycles. The lowest BCUT2D eigenvalue weighted by atomic mass is 9.92. The highest BCUT2D eigenvalue weighted by molar-refractivity contribution is 7.09. The van der Waals surface area contributed by atoms with Crippen LogP contribution in [0.15, 0.2) is 35.8 Å². The number of nitrogens with zero attached hydrogens (tertiary/aromatic N) is 4. The van der Waals surface area contributed by atoms with Crippen LogP contribution < -0.4 is 4.90 Å². The highest BCUT2D eigenvalue weighted by Gasteiger charge is 2.34. The van der Waals surface area contributed by atoms with E-state index in [1.165, 1.54) is 0 Å². The summed E-state index contributed by atoms with van der Waals surface area (Å²) in [6, 6.07) is 8.31. The van der Waals surface area contributed by atoms with Crippen LogP contribution in [0, 0.1) is 0 Å². The number of thiazole rings is 1. The third-order valence-electron chi connectivity index (χ3n) is 7.09. The van der Waals surface area contributed by atoms with Gasteiger partial charge in [-0.2, -0.15) is 0 Å². The Morgan fingerprint density at radius 1 is 1.11 bits per heavy atom. The van der Waals surface area contributed by atoms with E-state index in [1.54, 1.807) is 18.3 Å². The molecule has 0 aliphatic carbocycles. The van der Waals surface area contributed by atoms with Crippen molar-refractivity contribution in [1.82, 2.24) is 14.8 Å². The summed E-state index contributed by atoms with van der Waals surface area (Å²) in [5.74, 6) is -0.928. The first-order valence-corrected chi connectivity index (χ1v) is 13.3. The molecule has 1 aromatic heterocycles. The first-order valence-electron chi connectivity index (χ1n) is 12.4. The number of carboxylic acid groups (broad SMARTS) is 1. The Kier molecular flexibility index (Phi) is 8.51. The van der Waals surface area contributed by atoms with Crippen LogP contribution in [-0.2, 0) is 27.5 Å². The average molecular weight is 499 g/mol. The number of aliphatic carboxylic acids is 1. The Hall–Kier alpha value is -2.78. The molecule has 9 heteroatoms. The van der Waals surface area contributed by atoms with E-state index < -0.39 is 5.97 Å². The van der Waals surface area contributed by atoms with Crippen molar-refractivity contribution < 1.29 is 19.5 Å². The minimum Gasteiger partial charge on any atom is -0.481 e. The van der Waals surface area contributed by atoms with E-state index in [0.29, 0.717) is 32.1 Å². The summed E-state index contributed by atoms with van der Waals surface area (Å²) in [7, 11) is 0. The first-order chi connectivity index (χ1) is 16.9. The fourth-order valence-electron chi connectivity index (χ4n) is 5.37. The number of aromatic nitrogens is 1. The van der Waals surface area contributed by atoms with Crippen molar-refractivity contribution in [2.45, 2.75) is 77.0 Å². The van der Waals surface area contributed by atoms with Crippen LogP contribution >= 0.6 is 11.3 Å². The van der Waals surface area contributed by atoms with Crippen LogP contribution in [0.5, 0.6) is 0 Å². The van der Waals surface area contributed by atoms with Gasteiger partial charge in [-0.3, -0.25) is 19.3 Å². The molecule has 188 valence electrons. The van der Waals surface area contributed by atoms with Crippen molar-refractivity contribution in [1.29, 1.82) is 0 Å². The van der Waals surface area contributed by atoms with E-state index in [0.717, 1.165) is 48.5 Å². The highest BCUT2D eigenvalue weighted by atomic mass is 32.1. The molecule has 3 heterocycles. The number of carbonyl (C=O) groups is 3. The summed E-state index contributed by atoms with van der Waals surface area (Å²) < 4.78 is 0. The number of benzene rings is 1. The van der Waals surface area contributed by atoms with Gasteiger partial charge in [0.2, 0.25) is 11.8 Å². The van der Waals surface area contributed by atoms with Crippen LogP contribution in [0.25, 0.3) is 0 Å². The number of piperidine rings is 1. The third kappa shape index (κ3) is 6.46. The van der Waals surface area contributed by atoms with Gasteiger partial charge in [-0.1, -0.05) is 24.6 Å². The molecule has 2 bridgehead atoms. The number of amides is 2. The first kappa shape index (κ1) is 25.3. The van der Waals surface area contributed by atoms with Crippen molar-refractivity contribution in [2.75, 3.05) is 18.0 Å². The van der Waals surface area contributed by atoms with Crippen LogP contribution in [-0.4, -0.2) is 62.8 Å². The number of carboxylic acids is 1. The van der Waals surface area contributed by atoms with E-state index >= 15 is 0 Å². The number of fused-ring (bicyclic) bond motifs is 3. The largest absolute Gasteiger partial charge is 0.481 e.